The van der Waals surface area contributed by atoms with Gasteiger partial charge in [0.05, 0.1) is 11.2 Å². The highest BCUT2D eigenvalue weighted by molar-refractivity contribution is 5.93. The first-order chi connectivity index (χ1) is 9.57. The Hall–Kier alpha value is -1.36. The van der Waals surface area contributed by atoms with Crippen LogP contribution in [-0.4, -0.2) is 27.8 Å². The van der Waals surface area contributed by atoms with Gasteiger partial charge in [-0.05, 0) is 51.5 Å². The van der Waals surface area contributed by atoms with Gasteiger partial charge in [0.25, 0.3) is 5.91 Å². The molecule has 5 heteroatoms. The van der Waals surface area contributed by atoms with Crippen LogP contribution in [0.4, 0.5) is 0 Å². The summed E-state index contributed by atoms with van der Waals surface area (Å²) in [7, 11) is 0. The van der Waals surface area contributed by atoms with Gasteiger partial charge < -0.3 is 11.1 Å². The molecule has 0 aliphatic heterocycles. The smallest absolute Gasteiger partial charge is 0.270 e. The number of nitrogens with two attached hydrogens (primary N) is 1. The van der Waals surface area contributed by atoms with Crippen LogP contribution >= 0.6 is 0 Å². The molecule has 1 heterocycles. The predicted molar refractivity (Wildman–Crippen MR) is 77.5 cm³/mol. The average Bonchev–Trinajstić information content (AvgIpc) is 3.33. The Bertz CT molecular complexity index is 516. The summed E-state index contributed by atoms with van der Waals surface area (Å²) in [4.78, 5) is 12.6. The molecule has 1 aromatic heterocycles. The molecule has 1 amide bonds. The van der Waals surface area contributed by atoms with Crippen molar-refractivity contribution in [1.29, 1.82) is 0 Å². The second kappa shape index (κ2) is 4.88. The van der Waals surface area contributed by atoms with Crippen LogP contribution in [0.25, 0.3) is 0 Å². The minimum absolute atomic E-state index is 0.0360. The van der Waals surface area contributed by atoms with E-state index in [4.69, 9.17) is 5.73 Å². The van der Waals surface area contributed by atoms with Gasteiger partial charge >= 0.3 is 0 Å². The standard InChI is InChI=1S/C15H24N4O/c1-3-19-13(8-12(18-19)10-4-5-10)14(20)17-15(2,9-16)11-6-7-11/h8,10-11H,3-7,9,16H2,1-2H3,(H,17,20). The fourth-order valence-electron chi connectivity index (χ4n) is 2.80. The van der Waals surface area contributed by atoms with Gasteiger partial charge in [-0.15, -0.1) is 0 Å². The van der Waals surface area contributed by atoms with E-state index in [1.807, 2.05) is 17.7 Å². The average molecular weight is 276 g/mol. The van der Waals surface area contributed by atoms with Crippen molar-refractivity contribution in [1.82, 2.24) is 15.1 Å². The summed E-state index contributed by atoms with van der Waals surface area (Å²) in [6, 6.07) is 1.96. The number of nitrogens with one attached hydrogen (secondary N) is 1. The topological polar surface area (TPSA) is 72.9 Å². The van der Waals surface area contributed by atoms with E-state index < -0.39 is 0 Å². The van der Waals surface area contributed by atoms with Crippen molar-refractivity contribution in [2.45, 2.75) is 57.5 Å². The van der Waals surface area contributed by atoms with Gasteiger partial charge in [0, 0.05) is 19.0 Å². The number of rotatable bonds is 6. The Morgan fingerprint density at radius 3 is 2.70 bits per heavy atom. The van der Waals surface area contributed by atoms with E-state index in [1.54, 1.807) is 0 Å². The summed E-state index contributed by atoms with van der Waals surface area (Å²) in [6.45, 7) is 5.28. The normalized spacial score (nSPS) is 21.6. The van der Waals surface area contributed by atoms with E-state index in [-0.39, 0.29) is 11.4 Å². The first kappa shape index (κ1) is 13.6. The highest BCUT2D eigenvalue weighted by atomic mass is 16.2. The predicted octanol–water partition coefficient (Wildman–Crippen LogP) is 1.64. The number of nitrogens with zero attached hydrogens (tertiary/aromatic N) is 2. The van der Waals surface area contributed by atoms with Crippen LogP contribution in [0, 0.1) is 5.92 Å². The molecule has 2 saturated carbocycles. The fraction of sp³-hybridized carbons (Fsp3) is 0.733. The molecule has 2 aliphatic rings. The Morgan fingerprint density at radius 2 is 2.20 bits per heavy atom. The number of carbonyl (C=O) groups excluding carboxylic acids is 1. The van der Waals surface area contributed by atoms with Gasteiger partial charge in [-0.3, -0.25) is 9.48 Å². The van der Waals surface area contributed by atoms with Crippen LogP contribution in [0.3, 0.4) is 0 Å². The zero-order chi connectivity index (χ0) is 14.3. The molecule has 0 aromatic carbocycles. The van der Waals surface area contributed by atoms with Crippen molar-refractivity contribution in [3.63, 3.8) is 0 Å². The molecule has 0 radical (unpaired) electrons. The molecule has 20 heavy (non-hydrogen) atoms. The lowest BCUT2D eigenvalue weighted by molar-refractivity contribution is 0.0886. The second-order valence-corrected chi connectivity index (χ2v) is 6.39. The summed E-state index contributed by atoms with van der Waals surface area (Å²) in [5, 5.41) is 7.70. The van der Waals surface area contributed by atoms with Crippen molar-refractivity contribution in [3.05, 3.63) is 17.5 Å². The van der Waals surface area contributed by atoms with E-state index in [0.717, 1.165) is 25.1 Å². The molecule has 1 aromatic rings. The molecule has 0 saturated heterocycles. The monoisotopic (exact) mass is 276 g/mol. The fourth-order valence-corrected chi connectivity index (χ4v) is 2.80. The van der Waals surface area contributed by atoms with Crippen molar-refractivity contribution in [2.75, 3.05) is 6.54 Å². The van der Waals surface area contributed by atoms with Crippen LogP contribution in [0.5, 0.6) is 0 Å². The second-order valence-electron chi connectivity index (χ2n) is 6.39. The Balaban J connectivity index is 1.78. The van der Waals surface area contributed by atoms with Gasteiger partial charge in [0.1, 0.15) is 5.69 Å². The molecular formula is C15H24N4O. The number of aryl methyl sites for hydroxylation is 1. The van der Waals surface area contributed by atoms with E-state index in [2.05, 4.69) is 17.3 Å². The summed E-state index contributed by atoms with van der Waals surface area (Å²) < 4.78 is 1.81. The largest absolute Gasteiger partial charge is 0.344 e. The summed E-state index contributed by atoms with van der Waals surface area (Å²) in [6.07, 6.45) is 4.72. The maximum Gasteiger partial charge on any atom is 0.270 e. The Labute approximate surface area is 119 Å². The third kappa shape index (κ3) is 2.46. The summed E-state index contributed by atoms with van der Waals surface area (Å²) >= 11 is 0. The molecular weight excluding hydrogens is 252 g/mol. The third-order valence-corrected chi connectivity index (χ3v) is 4.63. The van der Waals surface area contributed by atoms with Crippen molar-refractivity contribution >= 4 is 5.91 Å². The third-order valence-electron chi connectivity index (χ3n) is 4.63. The number of aromatic nitrogens is 2. The van der Waals surface area contributed by atoms with Crippen LogP contribution in [0.15, 0.2) is 6.07 Å². The molecule has 2 fully saturated rings. The lowest BCUT2D eigenvalue weighted by atomic mass is 9.96. The zero-order valence-electron chi connectivity index (χ0n) is 12.4. The minimum Gasteiger partial charge on any atom is -0.344 e. The van der Waals surface area contributed by atoms with Crippen molar-refractivity contribution < 1.29 is 4.79 Å². The SMILES string of the molecule is CCn1nc(C2CC2)cc1C(=O)NC(C)(CN)C1CC1. The van der Waals surface area contributed by atoms with E-state index in [9.17, 15) is 4.79 Å². The van der Waals surface area contributed by atoms with E-state index >= 15 is 0 Å². The van der Waals surface area contributed by atoms with Crippen molar-refractivity contribution in [3.8, 4) is 0 Å². The maximum atomic E-state index is 12.6. The van der Waals surface area contributed by atoms with Crippen LogP contribution < -0.4 is 11.1 Å². The molecule has 0 bridgehead atoms. The van der Waals surface area contributed by atoms with Gasteiger partial charge in [0.2, 0.25) is 0 Å². The summed E-state index contributed by atoms with van der Waals surface area (Å²) in [5.41, 5.74) is 7.34. The van der Waals surface area contributed by atoms with Gasteiger partial charge in [-0.25, -0.2) is 0 Å². The molecule has 2 aliphatic carbocycles. The maximum absolute atomic E-state index is 12.6. The number of hydrogen-bond acceptors (Lipinski definition) is 3. The molecule has 1 unspecified atom stereocenters. The highest BCUT2D eigenvalue weighted by Crippen LogP contribution is 2.40. The molecule has 5 nitrogen and oxygen atoms in total. The summed E-state index contributed by atoms with van der Waals surface area (Å²) in [5.74, 6) is 1.06. The molecule has 1 atom stereocenters. The lowest BCUT2D eigenvalue weighted by Gasteiger charge is -2.29. The Kier molecular flexibility index (Phi) is 3.32. The minimum atomic E-state index is -0.278. The van der Waals surface area contributed by atoms with Crippen LogP contribution in [-0.2, 0) is 6.54 Å². The van der Waals surface area contributed by atoms with Crippen LogP contribution in [0.2, 0.25) is 0 Å². The van der Waals surface area contributed by atoms with E-state index in [0.29, 0.717) is 24.1 Å². The quantitative estimate of drug-likeness (QED) is 0.829. The van der Waals surface area contributed by atoms with Crippen LogP contribution in [0.1, 0.15) is 61.6 Å². The molecule has 3 N–H and O–H groups in total. The first-order valence-corrected chi connectivity index (χ1v) is 7.67. The molecule has 3 rings (SSSR count). The van der Waals surface area contributed by atoms with Gasteiger partial charge in [-0.2, -0.15) is 5.10 Å². The zero-order valence-corrected chi connectivity index (χ0v) is 12.4. The number of hydrogen-bond donors (Lipinski definition) is 2. The lowest BCUT2D eigenvalue weighted by Crippen LogP contribution is -2.53. The molecule has 110 valence electrons. The highest BCUT2D eigenvalue weighted by Gasteiger charge is 2.42. The first-order valence-electron chi connectivity index (χ1n) is 7.67. The Morgan fingerprint density at radius 1 is 1.50 bits per heavy atom. The van der Waals surface area contributed by atoms with Gasteiger partial charge in [0.15, 0.2) is 0 Å². The van der Waals surface area contributed by atoms with E-state index in [1.165, 1.54) is 12.8 Å². The van der Waals surface area contributed by atoms with Gasteiger partial charge in [-0.1, -0.05) is 0 Å². The number of carbonyl (C=O) groups is 1. The van der Waals surface area contributed by atoms with Crippen molar-refractivity contribution in [2.24, 2.45) is 11.7 Å². The number of amides is 1. The molecule has 0 spiro atoms.